The molecule has 2 heterocycles. The predicted molar refractivity (Wildman–Crippen MR) is 76.1 cm³/mol. The summed E-state index contributed by atoms with van der Waals surface area (Å²) in [6.07, 6.45) is 8.60. The van der Waals surface area contributed by atoms with Crippen molar-refractivity contribution in [2.45, 2.75) is 44.9 Å². The lowest BCUT2D eigenvalue weighted by molar-refractivity contribution is -0.122. The van der Waals surface area contributed by atoms with Gasteiger partial charge in [0.2, 0.25) is 5.91 Å². The van der Waals surface area contributed by atoms with Crippen molar-refractivity contribution in [1.82, 2.24) is 10.2 Å². The largest absolute Gasteiger partial charge is 0.381 e. The molecule has 0 aromatic carbocycles. The van der Waals surface area contributed by atoms with Gasteiger partial charge in [0.25, 0.3) is 0 Å². The zero-order valence-electron chi connectivity index (χ0n) is 12.0. The summed E-state index contributed by atoms with van der Waals surface area (Å²) in [5.74, 6) is 0.923. The van der Waals surface area contributed by atoms with Gasteiger partial charge in [0.15, 0.2) is 0 Å². The standard InChI is InChI=1S/C15H28N2O2/c18-15(12-17-9-3-1-2-4-10-17)16-8-5-6-14-7-11-19-13-14/h14H,1-13H2,(H,16,18). The van der Waals surface area contributed by atoms with Gasteiger partial charge in [-0.15, -0.1) is 0 Å². The fourth-order valence-electron chi connectivity index (χ4n) is 2.98. The summed E-state index contributed by atoms with van der Waals surface area (Å²) in [7, 11) is 0. The average Bonchev–Trinajstić information content (AvgIpc) is 2.79. The highest BCUT2D eigenvalue weighted by Gasteiger charge is 2.15. The molecule has 4 heteroatoms. The third-order valence-corrected chi connectivity index (χ3v) is 4.20. The van der Waals surface area contributed by atoms with Crippen LogP contribution in [0.2, 0.25) is 0 Å². The predicted octanol–water partition coefficient (Wildman–Crippen LogP) is 1.80. The molecule has 0 aromatic rings. The van der Waals surface area contributed by atoms with Crippen molar-refractivity contribution in [3.63, 3.8) is 0 Å². The van der Waals surface area contributed by atoms with Crippen LogP contribution in [0.4, 0.5) is 0 Å². The van der Waals surface area contributed by atoms with Crippen LogP contribution < -0.4 is 5.32 Å². The Hall–Kier alpha value is -0.610. The molecule has 2 rings (SSSR count). The molecule has 0 saturated carbocycles. The molecular weight excluding hydrogens is 240 g/mol. The number of nitrogens with zero attached hydrogens (tertiary/aromatic N) is 1. The first kappa shape index (κ1) is 14.8. The minimum absolute atomic E-state index is 0.199. The summed E-state index contributed by atoms with van der Waals surface area (Å²) in [6, 6.07) is 0. The van der Waals surface area contributed by atoms with Gasteiger partial charge in [-0.25, -0.2) is 0 Å². The van der Waals surface area contributed by atoms with Gasteiger partial charge >= 0.3 is 0 Å². The monoisotopic (exact) mass is 268 g/mol. The van der Waals surface area contributed by atoms with E-state index in [0.717, 1.165) is 45.2 Å². The van der Waals surface area contributed by atoms with Gasteiger partial charge in [0.05, 0.1) is 6.54 Å². The topological polar surface area (TPSA) is 41.6 Å². The van der Waals surface area contributed by atoms with Crippen LogP contribution in [0.15, 0.2) is 0 Å². The van der Waals surface area contributed by atoms with Gasteiger partial charge in [-0.05, 0) is 51.1 Å². The third-order valence-electron chi connectivity index (χ3n) is 4.20. The molecule has 2 saturated heterocycles. The quantitative estimate of drug-likeness (QED) is 0.747. The van der Waals surface area contributed by atoms with Crippen LogP contribution in [0.1, 0.15) is 44.9 Å². The Morgan fingerprint density at radius 1 is 1.21 bits per heavy atom. The number of amides is 1. The van der Waals surface area contributed by atoms with E-state index in [1.165, 1.54) is 38.5 Å². The molecule has 2 fully saturated rings. The molecule has 4 nitrogen and oxygen atoms in total. The zero-order chi connectivity index (χ0) is 13.3. The number of rotatable bonds is 6. The number of carbonyl (C=O) groups excluding carboxylic acids is 1. The van der Waals surface area contributed by atoms with Gasteiger partial charge in [0, 0.05) is 19.8 Å². The van der Waals surface area contributed by atoms with Crippen molar-refractivity contribution >= 4 is 5.91 Å². The van der Waals surface area contributed by atoms with Crippen LogP contribution in [-0.2, 0) is 9.53 Å². The molecule has 2 aliphatic heterocycles. The first-order valence-electron chi connectivity index (χ1n) is 7.91. The maximum Gasteiger partial charge on any atom is 0.234 e. The number of hydrogen-bond acceptors (Lipinski definition) is 3. The summed E-state index contributed by atoms with van der Waals surface area (Å²) in [5, 5.41) is 3.05. The average molecular weight is 268 g/mol. The Morgan fingerprint density at radius 3 is 2.68 bits per heavy atom. The van der Waals surface area contributed by atoms with Crippen molar-refractivity contribution in [3.05, 3.63) is 0 Å². The second kappa shape index (κ2) is 8.54. The third kappa shape index (κ3) is 5.91. The molecule has 0 radical (unpaired) electrons. The van der Waals surface area contributed by atoms with Gasteiger partial charge in [-0.2, -0.15) is 0 Å². The minimum Gasteiger partial charge on any atom is -0.381 e. The number of likely N-dealkylation sites (tertiary alicyclic amines) is 1. The Labute approximate surface area is 116 Å². The maximum atomic E-state index is 11.8. The normalized spacial score (nSPS) is 25.2. The second-order valence-electron chi connectivity index (χ2n) is 5.91. The van der Waals surface area contributed by atoms with E-state index in [-0.39, 0.29) is 5.91 Å². The van der Waals surface area contributed by atoms with Crippen LogP contribution in [0.25, 0.3) is 0 Å². The summed E-state index contributed by atoms with van der Waals surface area (Å²) in [4.78, 5) is 14.1. The van der Waals surface area contributed by atoms with Crippen LogP contribution in [0.5, 0.6) is 0 Å². The van der Waals surface area contributed by atoms with Crippen LogP contribution in [-0.4, -0.2) is 50.2 Å². The van der Waals surface area contributed by atoms with Gasteiger partial charge in [0.1, 0.15) is 0 Å². The second-order valence-corrected chi connectivity index (χ2v) is 5.91. The fraction of sp³-hybridized carbons (Fsp3) is 0.933. The van der Waals surface area contributed by atoms with Crippen molar-refractivity contribution in [2.75, 3.05) is 39.4 Å². The Morgan fingerprint density at radius 2 is 2.00 bits per heavy atom. The lowest BCUT2D eigenvalue weighted by Gasteiger charge is -2.19. The highest BCUT2D eigenvalue weighted by molar-refractivity contribution is 5.77. The lowest BCUT2D eigenvalue weighted by Crippen LogP contribution is -2.38. The van der Waals surface area contributed by atoms with Gasteiger partial charge in [-0.1, -0.05) is 12.8 Å². The zero-order valence-corrected chi connectivity index (χ0v) is 12.0. The summed E-state index contributed by atoms with van der Waals surface area (Å²) in [6.45, 7) is 5.43. The van der Waals surface area contributed by atoms with Crippen molar-refractivity contribution < 1.29 is 9.53 Å². The Kier molecular flexibility index (Phi) is 6.65. The first-order chi connectivity index (χ1) is 9.34. The van der Waals surface area contributed by atoms with Crippen molar-refractivity contribution in [3.8, 4) is 0 Å². The summed E-state index contributed by atoms with van der Waals surface area (Å²) < 4.78 is 5.35. The van der Waals surface area contributed by atoms with Crippen molar-refractivity contribution in [2.24, 2.45) is 5.92 Å². The molecule has 110 valence electrons. The molecule has 2 aliphatic rings. The van der Waals surface area contributed by atoms with E-state index in [1.54, 1.807) is 0 Å². The van der Waals surface area contributed by atoms with E-state index in [0.29, 0.717) is 6.54 Å². The maximum absolute atomic E-state index is 11.8. The van der Waals surface area contributed by atoms with E-state index in [1.807, 2.05) is 0 Å². The van der Waals surface area contributed by atoms with Crippen LogP contribution in [0.3, 0.4) is 0 Å². The molecule has 1 unspecified atom stereocenters. The molecule has 19 heavy (non-hydrogen) atoms. The van der Waals surface area contributed by atoms with Crippen LogP contribution in [0, 0.1) is 5.92 Å². The number of carbonyl (C=O) groups is 1. The van der Waals surface area contributed by atoms with Crippen LogP contribution >= 0.6 is 0 Å². The molecule has 0 aliphatic carbocycles. The fourth-order valence-corrected chi connectivity index (χ4v) is 2.98. The van der Waals surface area contributed by atoms with Crippen molar-refractivity contribution in [1.29, 1.82) is 0 Å². The van der Waals surface area contributed by atoms with E-state index in [2.05, 4.69) is 10.2 Å². The van der Waals surface area contributed by atoms with Gasteiger partial charge in [-0.3, -0.25) is 9.69 Å². The van der Waals surface area contributed by atoms with E-state index in [4.69, 9.17) is 4.74 Å². The SMILES string of the molecule is O=C(CN1CCCCCC1)NCCCC1CCOC1. The van der Waals surface area contributed by atoms with E-state index < -0.39 is 0 Å². The molecule has 1 atom stereocenters. The number of hydrogen-bond donors (Lipinski definition) is 1. The molecule has 0 aromatic heterocycles. The van der Waals surface area contributed by atoms with E-state index >= 15 is 0 Å². The molecular formula is C15H28N2O2. The molecule has 0 bridgehead atoms. The van der Waals surface area contributed by atoms with Gasteiger partial charge < -0.3 is 10.1 Å². The smallest absolute Gasteiger partial charge is 0.234 e. The number of nitrogens with one attached hydrogen (secondary N) is 1. The summed E-state index contributed by atoms with van der Waals surface area (Å²) >= 11 is 0. The van der Waals surface area contributed by atoms with E-state index in [9.17, 15) is 4.79 Å². The first-order valence-corrected chi connectivity index (χ1v) is 7.91. The minimum atomic E-state index is 0.199. The molecule has 1 amide bonds. The number of ether oxygens (including phenoxy) is 1. The Bertz CT molecular complexity index is 257. The lowest BCUT2D eigenvalue weighted by atomic mass is 10.0. The highest BCUT2D eigenvalue weighted by Crippen LogP contribution is 2.17. The highest BCUT2D eigenvalue weighted by atomic mass is 16.5. The Balaban J connectivity index is 1.51. The molecule has 1 N–H and O–H groups in total. The summed E-state index contributed by atoms with van der Waals surface area (Å²) in [5.41, 5.74) is 0. The molecule has 0 spiro atoms.